The van der Waals surface area contributed by atoms with Gasteiger partial charge in [-0.1, -0.05) is 63.9 Å². The standard InChI is InChI=1S/C21H33NO3/c1-4-22(5-2)14-15-25-20(23)19(18-11-7-6-8-12-18)21(24)13-9-10-17(3)16-21/h6-8,11-12,17,19,24H,4-5,9-10,13-16H2,1-3H3/t17-,19+,21+/m0/s1. The number of ether oxygens (including phenoxy) is 1. The molecule has 140 valence electrons. The summed E-state index contributed by atoms with van der Waals surface area (Å²) in [5.74, 6) is -0.475. The molecule has 1 aliphatic rings. The highest BCUT2D eigenvalue weighted by Crippen LogP contribution is 2.42. The summed E-state index contributed by atoms with van der Waals surface area (Å²) >= 11 is 0. The SMILES string of the molecule is CCN(CC)CCOC(=O)[C@@H](c1ccccc1)[C@@]1(O)CCC[C@H](C)C1. The van der Waals surface area contributed by atoms with Crippen LogP contribution in [0.3, 0.4) is 0 Å². The first kappa shape index (κ1) is 19.9. The molecule has 0 aromatic heterocycles. The lowest BCUT2D eigenvalue weighted by atomic mass is 9.69. The van der Waals surface area contributed by atoms with Crippen LogP contribution in [0.1, 0.15) is 57.9 Å². The van der Waals surface area contributed by atoms with E-state index in [0.717, 1.165) is 38.0 Å². The van der Waals surface area contributed by atoms with Crippen molar-refractivity contribution >= 4 is 5.97 Å². The van der Waals surface area contributed by atoms with Crippen LogP contribution in [0.4, 0.5) is 0 Å². The lowest BCUT2D eigenvalue weighted by Gasteiger charge is -2.40. The van der Waals surface area contributed by atoms with E-state index in [1.54, 1.807) is 0 Å². The first-order valence-electron chi connectivity index (χ1n) is 9.66. The van der Waals surface area contributed by atoms with E-state index in [-0.39, 0.29) is 5.97 Å². The van der Waals surface area contributed by atoms with Crippen LogP contribution in [0.25, 0.3) is 0 Å². The number of likely N-dealkylation sites (N-methyl/N-ethyl adjacent to an activating group) is 1. The summed E-state index contributed by atoms with van der Waals surface area (Å²) in [6.45, 7) is 9.34. The van der Waals surface area contributed by atoms with Crippen molar-refractivity contribution in [3.63, 3.8) is 0 Å². The minimum absolute atomic E-state index is 0.296. The number of carbonyl (C=O) groups is 1. The smallest absolute Gasteiger partial charge is 0.316 e. The van der Waals surface area contributed by atoms with Crippen molar-refractivity contribution < 1.29 is 14.6 Å². The van der Waals surface area contributed by atoms with Crippen molar-refractivity contribution in [2.24, 2.45) is 5.92 Å². The van der Waals surface area contributed by atoms with Gasteiger partial charge in [0.05, 0.1) is 5.60 Å². The van der Waals surface area contributed by atoms with Gasteiger partial charge in [0, 0.05) is 6.54 Å². The highest BCUT2D eigenvalue weighted by atomic mass is 16.5. The second kappa shape index (κ2) is 9.35. The highest BCUT2D eigenvalue weighted by molar-refractivity contribution is 5.80. The van der Waals surface area contributed by atoms with E-state index in [4.69, 9.17) is 4.74 Å². The van der Waals surface area contributed by atoms with Gasteiger partial charge in [-0.25, -0.2) is 0 Å². The molecule has 2 rings (SSSR count). The number of hydrogen-bond donors (Lipinski definition) is 1. The van der Waals surface area contributed by atoms with Gasteiger partial charge in [-0.05, 0) is 37.4 Å². The van der Waals surface area contributed by atoms with Crippen LogP contribution in [0.2, 0.25) is 0 Å². The number of esters is 1. The average Bonchev–Trinajstić information content (AvgIpc) is 2.59. The van der Waals surface area contributed by atoms with Crippen molar-refractivity contribution in [2.75, 3.05) is 26.2 Å². The number of nitrogens with zero attached hydrogens (tertiary/aromatic N) is 1. The van der Waals surface area contributed by atoms with Crippen LogP contribution in [-0.2, 0) is 9.53 Å². The van der Waals surface area contributed by atoms with Gasteiger partial charge in [0.2, 0.25) is 0 Å². The third kappa shape index (κ3) is 5.29. The summed E-state index contributed by atoms with van der Waals surface area (Å²) in [5.41, 5.74) is -0.155. The van der Waals surface area contributed by atoms with Gasteiger partial charge in [0.25, 0.3) is 0 Å². The molecule has 1 saturated carbocycles. The fourth-order valence-corrected chi connectivity index (χ4v) is 4.04. The molecule has 4 nitrogen and oxygen atoms in total. The van der Waals surface area contributed by atoms with E-state index in [1.807, 2.05) is 30.3 Å². The molecule has 3 atom stereocenters. The second-order valence-electron chi connectivity index (χ2n) is 7.34. The number of benzene rings is 1. The molecule has 0 unspecified atom stereocenters. The van der Waals surface area contributed by atoms with Gasteiger partial charge in [-0.15, -0.1) is 0 Å². The molecule has 0 saturated heterocycles. The quantitative estimate of drug-likeness (QED) is 0.730. The molecule has 25 heavy (non-hydrogen) atoms. The Bertz CT molecular complexity index is 529. The Balaban J connectivity index is 2.13. The van der Waals surface area contributed by atoms with E-state index in [0.29, 0.717) is 25.4 Å². The van der Waals surface area contributed by atoms with E-state index in [2.05, 4.69) is 25.7 Å². The topological polar surface area (TPSA) is 49.8 Å². The molecule has 1 aliphatic carbocycles. The van der Waals surface area contributed by atoms with E-state index < -0.39 is 11.5 Å². The van der Waals surface area contributed by atoms with Crippen molar-refractivity contribution in [1.82, 2.24) is 4.90 Å². The van der Waals surface area contributed by atoms with Crippen molar-refractivity contribution in [3.8, 4) is 0 Å². The minimum atomic E-state index is -1.01. The van der Waals surface area contributed by atoms with Crippen molar-refractivity contribution in [2.45, 2.75) is 58.0 Å². The third-order valence-electron chi connectivity index (χ3n) is 5.46. The lowest BCUT2D eigenvalue weighted by Crippen LogP contribution is -2.45. The largest absolute Gasteiger partial charge is 0.464 e. The summed E-state index contributed by atoms with van der Waals surface area (Å²) in [6, 6.07) is 9.61. The monoisotopic (exact) mass is 347 g/mol. The maximum Gasteiger partial charge on any atom is 0.316 e. The number of carbonyl (C=O) groups excluding carboxylic acids is 1. The van der Waals surface area contributed by atoms with Crippen LogP contribution in [0.5, 0.6) is 0 Å². The van der Waals surface area contributed by atoms with Crippen LogP contribution < -0.4 is 0 Å². The molecule has 1 N–H and O–H groups in total. The molecule has 0 aliphatic heterocycles. The predicted octanol–water partition coefficient (Wildman–Crippen LogP) is 3.60. The molecule has 1 fully saturated rings. The first-order chi connectivity index (χ1) is 12.0. The second-order valence-corrected chi connectivity index (χ2v) is 7.34. The molecular formula is C21H33NO3. The van der Waals surface area contributed by atoms with E-state index in [1.165, 1.54) is 0 Å². The van der Waals surface area contributed by atoms with Gasteiger partial charge < -0.3 is 14.7 Å². The van der Waals surface area contributed by atoms with Crippen LogP contribution in [-0.4, -0.2) is 47.8 Å². The number of aliphatic hydroxyl groups is 1. The van der Waals surface area contributed by atoms with Crippen LogP contribution in [0.15, 0.2) is 30.3 Å². The Morgan fingerprint density at radius 2 is 2.00 bits per heavy atom. The van der Waals surface area contributed by atoms with Gasteiger partial charge in [0.1, 0.15) is 12.5 Å². The maximum absolute atomic E-state index is 12.9. The maximum atomic E-state index is 12.9. The minimum Gasteiger partial charge on any atom is -0.464 e. The molecule has 0 radical (unpaired) electrons. The van der Waals surface area contributed by atoms with Crippen LogP contribution in [0, 0.1) is 5.92 Å². The number of rotatable bonds is 8. The third-order valence-corrected chi connectivity index (χ3v) is 5.46. The summed E-state index contributed by atoms with van der Waals surface area (Å²) in [4.78, 5) is 15.1. The summed E-state index contributed by atoms with van der Waals surface area (Å²) in [5, 5.41) is 11.3. The molecule has 1 aromatic rings. The molecule has 0 spiro atoms. The molecule has 1 aromatic carbocycles. The molecule has 0 amide bonds. The van der Waals surface area contributed by atoms with Gasteiger partial charge >= 0.3 is 5.97 Å². The predicted molar refractivity (Wildman–Crippen MR) is 101 cm³/mol. The zero-order valence-electron chi connectivity index (χ0n) is 15.9. The highest BCUT2D eigenvalue weighted by Gasteiger charge is 2.45. The van der Waals surface area contributed by atoms with E-state index >= 15 is 0 Å². The fraction of sp³-hybridized carbons (Fsp3) is 0.667. The Hall–Kier alpha value is -1.39. The van der Waals surface area contributed by atoms with Crippen LogP contribution >= 0.6 is 0 Å². The molecular weight excluding hydrogens is 314 g/mol. The molecule has 4 heteroatoms. The van der Waals surface area contributed by atoms with Gasteiger partial charge in [-0.2, -0.15) is 0 Å². The average molecular weight is 347 g/mol. The lowest BCUT2D eigenvalue weighted by molar-refractivity contribution is -0.155. The Morgan fingerprint density at radius 3 is 2.60 bits per heavy atom. The van der Waals surface area contributed by atoms with Crippen molar-refractivity contribution in [3.05, 3.63) is 35.9 Å². The molecule has 0 bridgehead atoms. The van der Waals surface area contributed by atoms with Crippen molar-refractivity contribution in [1.29, 1.82) is 0 Å². The Labute approximate surface area is 152 Å². The normalized spacial score (nSPS) is 24.9. The van der Waals surface area contributed by atoms with Gasteiger partial charge in [-0.3, -0.25) is 4.79 Å². The van der Waals surface area contributed by atoms with Gasteiger partial charge in [0.15, 0.2) is 0 Å². The zero-order valence-corrected chi connectivity index (χ0v) is 15.9. The van der Waals surface area contributed by atoms with E-state index in [9.17, 15) is 9.90 Å². The Morgan fingerprint density at radius 1 is 1.32 bits per heavy atom. The first-order valence-corrected chi connectivity index (χ1v) is 9.66. The fourth-order valence-electron chi connectivity index (χ4n) is 4.04. The zero-order chi connectivity index (χ0) is 18.3. The summed E-state index contributed by atoms with van der Waals surface area (Å²) in [7, 11) is 0. The summed E-state index contributed by atoms with van der Waals surface area (Å²) in [6.07, 6.45) is 3.37. The number of hydrogen-bond acceptors (Lipinski definition) is 4. The Kier molecular flexibility index (Phi) is 7.45. The molecule has 0 heterocycles. The summed E-state index contributed by atoms with van der Waals surface area (Å²) < 4.78 is 5.61.